The molecule has 0 atom stereocenters. The summed E-state index contributed by atoms with van der Waals surface area (Å²) in [5, 5.41) is 6.86. The molecule has 1 aliphatic heterocycles. The summed E-state index contributed by atoms with van der Waals surface area (Å²) < 4.78 is 0. The molecule has 18 heavy (non-hydrogen) atoms. The van der Waals surface area contributed by atoms with Crippen molar-refractivity contribution >= 4 is 17.3 Å². The largest absolute Gasteiger partial charge is 0.392 e. The highest BCUT2D eigenvalue weighted by Crippen LogP contribution is 2.27. The van der Waals surface area contributed by atoms with Crippen molar-refractivity contribution < 1.29 is 9.63 Å². The molecule has 1 saturated carbocycles. The molecule has 1 aliphatic carbocycles. The van der Waals surface area contributed by atoms with E-state index in [1.54, 1.807) is 0 Å². The minimum atomic E-state index is -0.169. The number of nitrogens with zero attached hydrogens (tertiary/aromatic N) is 1. The molecule has 0 spiro atoms. The Balaban J connectivity index is 1.86. The Kier molecular flexibility index (Phi) is 2.78. The number of carbonyl (C=O) groups excluding carboxylic acids is 1. The van der Waals surface area contributed by atoms with Gasteiger partial charge in [0.1, 0.15) is 6.10 Å². The molecule has 1 amide bonds. The molecule has 1 N–H and O–H groups in total. The Hall–Kier alpha value is -1.84. The van der Waals surface area contributed by atoms with Crippen LogP contribution in [0.2, 0.25) is 0 Å². The van der Waals surface area contributed by atoms with Crippen molar-refractivity contribution in [1.82, 2.24) is 0 Å². The normalized spacial score (nSPS) is 20.5. The van der Waals surface area contributed by atoms with Gasteiger partial charge in [0, 0.05) is 5.56 Å². The quantitative estimate of drug-likeness (QED) is 0.830. The summed E-state index contributed by atoms with van der Waals surface area (Å²) in [5.74, 6) is -0.169. The predicted molar refractivity (Wildman–Crippen MR) is 69.7 cm³/mol. The lowest BCUT2D eigenvalue weighted by Gasteiger charge is -2.22. The van der Waals surface area contributed by atoms with E-state index < -0.39 is 0 Å². The molecule has 0 bridgehead atoms. The monoisotopic (exact) mass is 244 g/mol. The molecule has 1 heterocycles. The molecule has 94 valence electrons. The maximum absolute atomic E-state index is 11.8. The molecule has 2 aliphatic rings. The topological polar surface area (TPSA) is 50.7 Å². The third kappa shape index (κ3) is 1.88. The first-order valence-corrected chi connectivity index (χ1v) is 6.46. The van der Waals surface area contributed by atoms with Gasteiger partial charge in [0.2, 0.25) is 0 Å². The lowest BCUT2D eigenvalue weighted by atomic mass is 9.97. The third-order valence-corrected chi connectivity index (χ3v) is 3.56. The van der Waals surface area contributed by atoms with Crippen molar-refractivity contribution in [1.29, 1.82) is 0 Å². The van der Waals surface area contributed by atoms with E-state index in [9.17, 15) is 4.79 Å². The highest BCUT2D eigenvalue weighted by atomic mass is 16.6. The minimum absolute atomic E-state index is 0.169. The number of fused-ring (bicyclic) bond motifs is 1. The van der Waals surface area contributed by atoms with E-state index in [0.29, 0.717) is 5.71 Å². The zero-order valence-corrected chi connectivity index (χ0v) is 10.4. The molecule has 0 saturated heterocycles. The number of anilines is 1. The SMILES string of the molecule is CCc1ccc2c(c1)NC(=O)C2=NOC1CCC1. The molecule has 4 heteroatoms. The Morgan fingerprint density at radius 1 is 1.44 bits per heavy atom. The first kappa shape index (κ1) is 11.3. The predicted octanol–water partition coefficient (Wildman–Crippen LogP) is 2.47. The van der Waals surface area contributed by atoms with Crippen LogP contribution in [0.4, 0.5) is 5.69 Å². The first-order valence-electron chi connectivity index (χ1n) is 6.46. The highest BCUT2D eigenvalue weighted by molar-refractivity contribution is 6.53. The van der Waals surface area contributed by atoms with Gasteiger partial charge in [-0.2, -0.15) is 0 Å². The van der Waals surface area contributed by atoms with Crippen LogP contribution in [0.1, 0.15) is 37.3 Å². The summed E-state index contributed by atoms with van der Waals surface area (Å²) in [5.41, 5.74) is 3.29. The Bertz CT molecular complexity index is 519. The van der Waals surface area contributed by atoms with Gasteiger partial charge in [-0.15, -0.1) is 0 Å². The van der Waals surface area contributed by atoms with Gasteiger partial charge in [-0.3, -0.25) is 4.79 Å². The zero-order valence-electron chi connectivity index (χ0n) is 10.4. The van der Waals surface area contributed by atoms with Crippen LogP contribution in [0.3, 0.4) is 0 Å². The number of benzene rings is 1. The first-order chi connectivity index (χ1) is 8.78. The Morgan fingerprint density at radius 2 is 2.28 bits per heavy atom. The summed E-state index contributed by atoms with van der Waals surface area (Å²) in [6.07, 6.45) is 4.43. The van der Waals surface area contributed by atoms with Crippen molar-refractivity contribution in [3.8, 4) is 0 Å². The fraction of sp³-hybridized carbons (Fsp3) is 0.429. The van der Waals surface area contributed by atoms with E-state index in [0.717, 1.165) is 30.5 Å². The molecular formula is C14H16N2O2. The van der Waals surface area contributed by atoms with Gasteiger partial charge in [0.25, 0.3) is 5.91 Å². The molecule has 1 aromatic carbocycles. The number of amides is 1. The van der Waals surface area contributed by atoms with E-state index in [1.165, 1.54) is 12.0 Å². The summed E-state index contributed by atoms with van der Waals surface area (Å²) in [6, 6.07) is 5.96. The molecule has 1 fully saturated rings. The van der Waals surface area contributed by atoms with Crippen LogP contribution >= 0.6 is 0 Å². The van der Waals surface area contributed by atoms with Crippen LogP contribution < -0.4 is 5.32 Å². The number of rotatable bonds is 3. The van der Waals surface area contributed by atoms with Gasteiger partial charge in [0.05, 0.1) is 5.69 Å². The number of oxime groups is 1. The van der Waals surface area contributed by atoms with Crippen molar-refractivity contribution in [3.63, 3.8) is 0 Å². The number of hydrogen-bond donors (Lipinski definition) is 1. The van der Waals surface area contributed by atoms with Gasteiger partial charge in [-0.25, -0.2) is 0 Å². The van der Waals surface area contributed by atoms with E-state index in [2.05, 4.69) is 17.4 Å². The van der Waals surface area contributed by atoms with Gasteiger partial charge in [0.15, 0.2) is 5.71 Å². The lowest BCUT2D eigenvalue weighted by molar-refractivity contribution is -0.110. The lowest BCUT2D eigenvalue weighted by Crippen LogP contribution is -2.21. The fourth-order valence-electron chi connectivity index (χ4n) is 2.12. The minimum Gasteiger partial charge on any atom is -0.392 e. The number of aryl methyl sites for hydroxylation is 1. The summed E-state index contributed by atoms with van der Waals surface area (Å²) >= 11 is 0. The van der Waals surface area contributed by atoms with Crippen molar-refractivity contribution in [2.45, 2.75) is 38.7 Å². The molecule has 0 aromatic heterocycles. The van der Waals surface area contributed by atoms with Crippen LogP contribution in [-0.4, -0.2) is 17.7 Å². The van der Waals surface area contributed by atoms with E-state index >= 15 is 0 Å². The number of nitrogens with one attached hydrogen (secondary N) is 1. The molecule has 4 nitrogen and oxygen atoms in total. The molecule has 0 radical (unpaired) electrons. The Labute approximate surface area is 106 Å². The summed E-state index contributed by atoms with van der Waals surface area (Å²) in [4.78, 5) is 17.2. The van der Waals surface area contributed by atoms with E-state index in [1.807, 2.05) is 18.2 Å². The average molecular weight is 244 g/mol. The molecule has 1 aromatic rings. The van der Waals surface area contributed by atoms with Gasteiger partial charge in [-0.05, 0) is 37.3 Å². The van der Waals surface area contributed by atoms with Crippen LogP contribution in [0.25, 0.3) is 0 Å². The van der Waals surface area contributed by atoms with Gasteiger partial charge in [-0.1, -0.05) is 24.2 Å². The maximum atomic E-state index is 11.8. The van der Waals surface area contributed by atoms with Crippen LogP contribution in [0.15, 0.2) is 23.4 Å². The third-order valence-electron chi connectivity index (χ3n) is 3.56. The average Bonchev–Trinajstić information content (AvgIpc) is 2.62. The number of carbonyl (C=O) groups is 1. The maximum Gasteiger partial charge on any atom is 0.278 e. The van der Waals surface area contributed by atoms with Crippen LogP contribution in [0.5, 0.6) is 0 Å². The number of hydrogen-bond acceptors (Lipinski definition) is 3. The second kappa shape index (κ2) is 4.44. The summed E-state index contributed by atoms with van der Waals surface area (Å²) in [6.45, 7) is 2.09. The standard InChI is InChI=1S/C14H16N2O2/c1-2-9-6-7-11-12(8-9)15-14(17)13(11)16-18-10-4-3-5-10/h6-8,10H,2-5H2,1H3,(H,15,16,17). The van der Waals surface area contributed by atoms with Gasteiger partial charge < -0.3 is 10.2 Å². The van der Waals surface area contributed by atoms with E-state index in [4.69, 9.17) is 4.84 Å². The van der Waals surface area contributed by atoms with E-state index in [-0.39, 0.29) is 12.0 Å². The molecule has 3 rings (SSSR count). The summed E-state index contributed by atoms with van der Waals surface area (Å²) in [7, 11) is 0. The van der Waals surface area contributed by atoms with Crippen molar-refractivity contribution in [2.75, 3.05) is 5.32 Å². The fourth-order valence-corrected chi connectivity index (χ4v) is 2.12. The molecule has 0 unspecified atom stereocenters. The second-order valence-corrected chi connectivity index (χ2v) is 4.79. The molecular weight excluding hydrogens is 228 g/mol. The smallest absolute Gasteiger partial charge is 0.278 e. The second-order valence-electron chi connectivity index (χ2n) is 4.79. The van der Waals surface area contributed by atoms with Gasteiger partial charge >= 0.3 is 0 Å². The van der Waals surface area contributed by atoms with Crippen molar-refractivity contribution in [2.24, 2.45) is 5.16 Å². The zero-order chi connectivity index (χ0) is 12.5. The van der Waals surface area contributed by atoms with Crippen LogP contribution in [0, 0.1) is 0 Å². The van der Waals surface area contributed by atoms with Crippen LogP contribution in [-0.2, 0) is 16.1 Å². The Morgan fingerprint density at radius 3 is 2.94 bits per heavy atom. The highest BCUT2D eigenvalue weighted by Gasteiger charge is 2.28. The van der Waals surface area contributed by atoms with Crippen molar-refractivity contribution in [3.05, 3.63) is 29.3 Å².